The van der Waals surface area contributed by atoms with Gasteiger partial charge in [-0.2, -0.15) is 0 Å². The van der Waals surface area contributed by atoms with Gasteiger partial charge in [0.15, 0.2) is 0 Å². The summed E-state index contributed by atoms with van der Waals surface area (Å²) in [4.78, 5) is 14.8. The van der Waals surface area contributed by atoms with E-state index in [4.69, 9.17) is 4.74 Å². The van der Waals surface area contributed by atoms with Crippen molar-refractivity contribution in [1.29, 1.82) is 0 Å². The zero-order chi connectivity index (χ0) is 16.4. The molecule has 1 aromatic carbocycles. The second-order valence-corrected chi connectivity index (χ2v) is 7.19. The Morgan fingerprint density at radius 1 is 1.48 bits per heavy atom. The minimum atomic E-state index is 0.0416. The zero-order valence-corrected chi connectivity index (χ0v) is 14.5. The molecule has 126 valence electrons. The van der Waals surface area contributed by atoms with Crippen molar-refractivity contribution in [2.24, 2.45) is 11.8 Å². The Bertz CT molecular complexity index is 566. The number of fused-ring (bicyclic) bond motifs is 1. The second-order valence-electron chi connectivity index (χ2n) is 7.19. The summed E-state index contributed by atoms with van der Waals surface area (Å²) in [6.45, 7) is 9.10. The van der Waals surface area contributed by atoms with E-state index in [-0.39, 0.29) is 12.0 Å². The van der Waals surface area contributed by atoms with E-state index >= 15 is 0 Å². The van der Waals surface area contributed by atoms with Crippen molar-refractivity contribution in [3.63, 3.8) is 0 Å². The van der Waals surface area contributed by atoms with Gasteiger partial charge in [-0.05, 0) is 69.3 Å². The summed E-state index contributed by atoms with van der Waals surface area (Å²) in [7, 11) is 0. The third kappa shape index (κ3) is 3.69. The maximum Gasteiger partial charge on any atom is 0.227 e. The molecule has 3 rings (SSSR count). The minimum Gasteiger partial charge on any atom is -0.487 e. The van der Waals surface area contributed by atoms with Crippen LogP contribution >= 0.6 is 0 Å². The fourth-order valence-corrected chi connectivity index (χ4v) is 3.70. The van der Waals surface area contributed by atoms with Crippen molar-refractivity contribution in [2.45, 2.75) is 46.1 Å². The number of amides is 1. The van der Waals surface area contributed by atoms with Crippen molar-refractivity contribution in [2.75, 3.05) is 24.5 Å². The van der Waals surface area contributed by atoms with Gasteiger partial charge in [-0.1, -0.05) is 13.0 Å². The highest BCUT2D eigenvalue weighted by atomic mass is 16.5. The number of nitrogens with zero attached hydrogens (tertiary/aromatic N) is 1. The Morgan fingerprint density at radius 2 is 2.30 bits per heavy atom. The minimum absolute atomic E-state index is 0.0416. The molecule has 2 aliphatic rings. The van der Waals surface area contributed by atoms with Gasteiger partial charge in [0.1, 0.15) is 11.9 Å². The number of rotatable bonds is 3. The highest BCUT2D eigenvalue weighted by Gasteiger charge is 2.30. The normalized spacial score (nSPS) is 25.4. The van der Waals surface area contributed by atoms with Gasteiger partial charge in [-0.25, -0.2) is 0 Å². The Morgan fingerprint density at radius 3 is 3.04 bits per heavy atom. The summed E-state index contributed by atoms with van der Waals surface area (Å²) in [5.41, 5.74) is 2.08. The smallest absolute Gasteiger partial charge is 0.227 e. The van der Waals surface area contributed by atoms with Crippen molar-refractivity contribution >= 4 is 11.6 Å². The van der Waals surface area contributed by atoms with E-state index in [2.05, 4.69) is 12.2 Å². The maximum atomic E-state index is 12.9. The summed E-state index contributed by atoms with van der Waals surface area (Å²) in [6, 6.07) is 6.09. The van der Waals surface area contributed by atoms with Crippen LogP contribution < -0.4 is 15.0 Å². The number of nitrogens with one attached hydrogen (secondary N) is 1. The summed E-state index contributed by atoms with van der Waals surface area (Å²) in [6.07, 6.45) is 3.11. The Hall–Kier alpha value is -1.55. The van der Waals surface area contributed by atoms with Crippen LogP contribution in [0.2, 0.25) is 0 Å². The highest BCUT2D eigenvalue weighted by molar-refractivity contribution is 5.95. The third-order valence-electron chi connectivity index (χ3n) is 5.11. The lowest BCUT2D eigenvalue weighted by atomic mass is 9.85. The van der Waals surface area contributed by atoms with Crippen LogP contribution in [-0.2, 0) is 4.79 Å². The number of benzene rings is 1. The molecule has 1 fully saturated rings. The standard InChI is InChI=1S/C19H28N2O2/c1-13-6-7-17-18(9-13)23-15(3)12-21(17)19(22)10-14(2)16-5-4-8-20-11-16/h6-7,9,14-16,20H,4-5,8,10-12H2,1-3H3. The van der Waals surface area contributed by atoms with Gasteiger partial charge in [0.05, 0.1) is 12.2 Å². The van der Waals surface area contributed by atoms with Crippen LogP contribution in [0.3, 0.4) is 0 Å². The lowest BCUT2D eigenvalue weighted by Gasteiger charge is -2.35. The average Bonchev–Trinajstić information content (AvgIpc) is 2.54. The molecule has 2 aliphatic heterocycles. The SMILES string of the molecule is Cc1ccc2c(c1)OC(C)CN2C(=O)CC(C)C1CCCNC1. The fraction of sp³-hybridized carbons (Fsp3) is 0.632. The predicted molar refractivity (Wildman–Crippen MR) is 93.0 cm³/mol. The predicted octanol–water partition coefficient (Wildman–Crippen LogP) is 3.13. The van der Waals surface area contributed by atoms with Crippen LogP contribution in [0.25, 0.3) is 0 Å². The van der Waals surface area contributed by atoms with Crippen molar-refractivity contribution in [1.82, 2.24) is 5.32 Å². The van der Waals surface area contributed by atoms with E-state index < -0.39 is 0 Å². The van der Waals surface area contributed by atoms with Gasteiger partial charge in [-0.15, -0.1) is 0 Å². The van der Waals surface area contributed by atoms with E-state index in [1.54, 1.807) is 0 Å². The monoisotopic (exact) mass is 316 g/mol. The molecule has 3 atom stereocenters. The summed E-state index contributed by atoms with van der Waals surface area (Å²) in [5.74, 6) is 2.10. The summed E-state index contributed by atoms with van der Waals surface area (Å²) in [5, 5.41) is 3.45. The molecule has 0 saturated carbocycles. The first kappa shape index (κ1) is 16.3. The van der Waals surface area contributed by atoms with Gasteiger partial charge in [0, 0.05) is 6.42 Å². The Labute approximate surface area is 139 Å². The first-order valence-corrected chi connectivity index (χ1v) is 8.83. The number of anilines is 1. The van der Waals surface area contributed by atoms with E-state index in [9.17, 15) is 4.79 Å². The topological polar surface area (TPSA) is 41.6 Å². The van der Waals surface area contributed by atoms with Crippen LogP contribution in [0.15, 0.2) is 18.2 Å². The molecule has 1 amide bonds. The molecule has 23 heavy (non-hydrogen) atoms. The number of ether oxygens (including phenoxy) is 1. The molecular formula is C19H28N2O2. The summed E-state index contributed by atoms with van der Waals surface area (Å²) >= 11 is 0. The van der Waals surface area contributed by atoms with E-state index in [0.717, 1.165) is 30.1 Å². The molecule has 0 aromatic heterocycles. The number of carbonyl (C=O) groups excluding carboxylic acids is 1. The van der Waals surface area contributed by atoms with E-state index in [0.29, 0.717) is 24.8 Å². The Kier molecular flexibility index (Phi) is 4.90. The number of carbonyl (C=O) groups is 1. The molecule has 0 aliphatic carbocycles. The summed E-state index contributed by atoms with van der Waals surface area (Å²) < 4.78 is 5.91. The quantitative estimate of drug-likeness (QED) is 0.931. The first-order valence-electron chi connectivity index (χ1n) is 8.83. The van der Waals surface area contributed by atoms with E-state index in [1.807, 2.05) is 36.9 Å². The molecule has 3 unspecified atom stereocenters. The number of piperidine rings is 1. The van der Waals surface area contributed by atoms with Crippen LogP contribution in [0.5, 0.6) is 5.75 Å². The van der Waals surface area contributed by atoms with Crippen LogP contribution in [0.4, 0.5) is 5.69 Å². The van der Waals surface area contributed by atoms with Gasteiger partial charge < -0.3 is 15.0 Å². The number of hydrogen-bond donors (Lipinski definition) is 1. The van der Waals surface area contributed by atoms with Crippen LogP contribution in [-0.4, -0.2) is 31.6 Å². The fourth-order valence-electron chi connectivity index (χ4n) is 3.70. The lowest BCUT2D eigenvalue weighted by molar-refractivity contribution is -0.120. The molecule has 1 saturated heterocycles. The maximum absolute atomic E-state index is 12.9. The number of hydrogen-bond acceptors (Lipinski definition) is 3. The van der Waals surface area contributed by atoms with Gasteiger partial charge in [0.2, 0.25) is 5.91 Å². The molecule has 1 aromatic rings. The van der Waals surface area contributed by atoms with Crippen LogP contribution in [0, 0.1) is 18.8 Å². The van der Waals surface area contributed by atoms with Crippen molar-refractivity contribution in [3.05, 3.63) is 23.8 Å². The molecular weight excluding hydrogens is 288 g/mol. The molecule has 2 heterocycles. The van der Waals surface area contributed by atoms with Gasteiger partial charge in [-0.3, -0.25) is 4.79 Å². The van der Waals surface area contributed by atoms with Crippen LogP contribution in [0.1, 0.15) is 38.7 Å². The average molecular weight is 316 g/mol. The van der Waals surface area contributed by atoms with E-state index in [1.165, 1.54) is 12.8 Å². The molecule has 0 spiro atoms. The van der Waals surface area contributed by atoms with Crippen molar-refractivity contribution < 1.29 is 9.53 Å². The molecule has 0 bridgehead atoms. The zero-order valence-electron chi connectivity index (χ0n) is 14.5. The largest absolute Gasteiger partial charge is 0.487 e. The number of aryl methyl sites for hydroxylation is 1. The second kappa shape index (κ2) is 6.91. The third-order valence-corrected chi connectivity index (χ3v) is 5.11. The van der Waals surface area contributed by atoms with Gasteiger partial charge in [0.25, 0.3) is 0 Å². The molecule has 0 radical (unpaired) electrons. The first-order chi connectivity index (χ1) is 11.0. The lowest BCUT2D eigenvalue weighted by Crippen LogP contribution is -2.43. The highest BCUT2D eigenvalue weighted by Crippen LogP contribution is 2.35. The van der Waals surface area contributed by atoms with Gasteiger partial charge >= 0.3 is 0 Å². The molecule has 4 nitrogen and oxygen atoms in total. The molecule has 4 heteroatoms. The Balaban J connectivity index is 1.72. The molecule has 1 N–H and O–H groups in total. The van der Waals surface area contributed by atoms with Crippen molar-refractivity contribution in [3.8, 4) is 5.75 Å².